The number of hydrogen-bond acceptors (Lipinski definition) is 8. The quantitative estimate of drug-likeness (QED) is 0.193. The number of rotatable bonds is 12. The third-order valence-electron chi connectivity index (χ3n) is 4.78. The molecule has 2 aromatic heterocycles. The number of nitrogens with zero attached hydrogens (tertiary/aromatic N) is 3. The minimum absolute atomic E-state index is 0.141. The standard InChI is InChI=1S/C23H34ClN7O3/c1-7-9-34-20-12-16(11-18(24)28-20)27-23(32)30-31(8-10-33-6)19-13-17(14(2)3)21(15(4)25)22(26-5)29-19/h11-14,25H,7-10H2,1-6H3,(H,26,29)(H2,27,28,30,32). The second-order valence-corrected chi connectivity index (χ2v) is 8.29. The van der Waals surface area contributed by atoms with Crippen LogP contribution in [0, 0.1) is 5.41 Å². The Morgan fingerprint density at radius 1 is 1.24 bits per heavy atom. The van der Waals surface area contributed by atoms with Crippen LogP contribution in [0.5, 0.6) is 5.88 Å². The number of aromatic nitrogens is 2. The van der Waals surface area contributed by atoms with E-state index in [2.05, 4.69) is 39.9 Å². The van der Waals surface area contributed by atoms with Crippen molar-refractivity contribution in [2.45, 2.75) is 40.0 Å². The van der Waals surface area contributed by atoms with E-state index in [1.807, 2.05) is 13.0 Å². The molecule has 2 aromatic rings. The van der Waals surface area contributed by atoms with Gasteiger partial charge in [0.1, 0.15) is 16.8 Å². The first-order chi connectivity index (χ1) is 16.2. The molecule has 0 bridgehead atoms. The van der Waals surface area contributed by atoms with Crippen molar-refractivity contribution in [1.82, 2.24) is 15.4 Å². The van der Waals surface area contributed by atoms with Gasteiger partial charge < -0.3 is 25.5 Å². The summed E-state index contributed by atoms with van der Waals surface area (Å²) in [6.07, 6.45) is 0.822. The molecular formula is C23H34ClN7O3. The molecule has 0 spiro atoms. The Morgan fingerprint density at radius 3 is 2.56 bits per heavy atom. The molecule has 0 aliphatic rings. The van der Waals surface area contributed by atoms with Gasteiger partial charge in [0.2, 0.25) is 5.88 Å². The Kier molecular flexibility index (Phi) is 10.3. The molecule has 11 heteroatoms. The maximum Gasteiger partial charge on any atom is 0.338 e. The summed E-state index contributed by atoms with van der Waals surface area (Å²) in [6.45, 7) is 9.02. The summed E-state index contributed by atoms with van der Waals surface area (Å²) >= 11 is 6.08. The van der Waals surface area contributed by atoms with Crippen LogP contribution >= 0.6 is 11.6 Å². The summed E-state index contributed by atoms with van der Waals surface area (Å²) < 4.78 is 10.8. The predicted molar refractivity (Wildman–Crippen MR) is 137 cm³/mol. The highest BCUT2D eigenvalue weighted by Crippen LogP contribution is 2.29. The molecule has 0 saturated carbocycles. The Hall–Kier alpha value is -3.11. The molecular weight excluding hydrogens is 458 g/mol. The SMILES string of the molecule is CCCOc1cc(NC(=O)NN(CCOC)c2cc(C(C)C)c(C(C)=N)c(NC)n2)cc(Cl)n1. The van der Waals surface area contributed by atoms with E-state index in [1.54, 1.807) is 32.2 Å². The number of hydrazine groups is 1. The molecule has 2 heterocycles. The van der Waals surface area contributed by atoms with Gasteiger partial charge in [-0.25, -0.2) is 20.2 Å². The number of carbonyl (C=O) groups excluding carboxylic acids is 1. The normalized spacial score (nSPS) is 10.7. The van der Waals surface area contributed by atoms with Gasteiger partial charge >= 0.3 is 6.03 Å². The van der Waals surface area contributed by atoms with Gasteiger partial charge in [0.15, 0.2) is 0 Å². The van der Waals surface area contributed by atoms with Gasteiger partial charge in [0.25, 0.3) is 0 Å². The lowest BCUT2D eigenvalue weighted by molar-refractivity contribution is 0.202. The molecule has 4 N–H and O–H groups in total. The largest absolute Gasteiger partial charge is 0.478 e. The Balaban J connectivity index is 2.33. The summed E-state index contributed by atoms with van der Waals surface area (Å²) in [5, 5.41) is 15.8. The first-order valence-corrected chi connectivity index (χ1v) is 11.5. The fourth-order valence-corrected chi connectivity index (χ4v) is 3.44. The van der Waals surface area contributed by atoms with Crippen LogP contribution in [0.15, 0.2) is 18.2 Å². The van der Waals surface area contributed by atoms with Gasteiger partial charge in [0, 0.05) is 31.5 Å². The van der Waals surface area contributed by atoms with Gasteiger partial charge in [-0.05, 0) is 37.0 Å². The lowest BCUT2D eigenvalue weighted by Crippen LogP contribution is -2.46. The average Bonchev–Trinajstić information content (AvgIpc) is 2.78. The van der Waals surface area contributed by atoms with E-state index >= 15 is 0 Å². The van der Waals surface area contributed by atoms with Crippen LogP contribution in [-0.4, -0.2) is 55.6 Å². The van der Waals surface area contributed by atoms with E-state index in [0.717, 1.165) is 17.5 Å². The summed E-state index contributed by atoms with van der Waals surface area (Å²) in [6, 6.07) is 4.53. The van der Waals surface area contributed by atoms with Crippen molar-refractivity contribution in [2.75, 3.05) is 49.6 Å². The Bertz CT molecular complexity index is 1000. The number of methoxy groups -OCH3 is 1. The van der Waals surface area contributed by atoms with Crippen LogP contribution < -0.4 is 25.8 Å². The van der Waals surface area contributed by atoms with Gasteiger partial charge in [-0.1, -0.05) is 32.4 Å². The molecule has 0 aromatic carbocycles. The summed E-state index contributed by atoms with van der Waals surface area (Å²) in [4.78, 5) is 21.6. The number of carbonyl (C=O) groups is 1. The number of anilines is 3. The topological polar surface area (TPSA) is 124 Å². The number of halogens is 1. The third-order valence-corrected chi connectivity index (χ3v) is 4.98. The van der Waals surface area contributed by atoms with Crippen LogP contribution in [0.25, 0.3) is 0 Å². The maximum absolute atomic E-state index is 12.9. The van der Waals surface area contributed by atoms with Crippen LogP contribution in [-0.2, 0) is 4.74 Å². The zero-order chi connectivity index (χ0) is 25.3. The molecule has 34 heavy (non-hydrogen) atoms. The van der Waals surface area contributed by atoms with Gasteiger partial charge in [-0.3, -0.25) is 5.01 Å². The van der Waals surface area contributed by atoms with Crippen LogP contribution in [0.2, 0.25) is 5.15 Å². The number of nitrogens with one attached hydrogen (secondary N) is 4. The number of hydrogen-bond donors (Lipinski definition) is 4. The monoisotopic (exact) mass is 491 g/mol. The number of urea groups is 1. The smallest absolute Gasteiger partial charge is 0.338 e. The molecule has 0 aliphatic carbocycles. The summed E-state index contributed by atoms with van der Waals surface area (Å²) in [5.74, 6) is 1.56. The molecule has 10 nitrogen and oxygen atoms in total. The van der Waals surface area contributed by atoms with Crippen molar-refractivity contribution < 1.29 is 14.3 Å². The molecule has 0 aliphatic heterocycles. The highest BCUT2D eigenvalue weighted by molar-refractivity contribution is 6.29. The number of pyridine rings is 2. The maximum atomic E-state index is 12.9. The average molecular weight is 492 g/mol. The summed E-state index contributed by atoms with van der Waals surface area (Å²) in [5.41, 5.74) is 5.38. The fraction of sp³-hybridized carbons (Fsp3) is 0.478. The number of ether oxygens (including phenoxy) is 2. The first kappa shape index (κ1) is 27.1. The first-order valence-electron chi connectivity index (χ1n) is 11.1. The lowest BCUT2D eigenvalue weighted by Gasteiger charge is -2.27. The number of amides is 2. The zero-order valence-corrected chi connectivity index (χ0v) is 21.3. The van der Waals surface area contributed by atoms with E-state index in [4.69, 9.17) is 26.5 Å². The minimum Gasteiger partial charge on any atom is -0.478 e. The molecule has 0 atom stereocenters. The van der Waals surface area contributed by atoms with Gasteiger partial charge in [0.05, 0.1) is 25.4 Å². The predicted octanol–water partition coefficient (Wildman–Crippen LogP) is 4.66. The van der Waals surface area contributed by atoms with Crippen molar-refractivity contribution >= 4 is 40.7 Å². The Labute approximate surface area is 205 Å². The molecule has 0 radical (unpaired) electrons. The molecule has 0 unspecified atom stereocenters. The van der Waals surface area contributed by atoms with Crippen LogP contribution in [0.1, 0.15) is 51.2 Å². The van der Waals surface area contributed by atoms with E-state index in [-0.39, 0.29) is 11.1 Å². The summed E-state index contributed by atoms with van der Waals surface area (Å²) in [7, 11) is 3.34. The third kappa shape index (κ3) is 7.46. The van der Waals surface area contributed by atoms with Crippen molar-refractivity contribution in [3.63, 3.8) is 0 Å². The zero-order valence-electron chi connectivity index (χ0n) is 20.6. The van der Waals surface area contributed by atoms with Crippen molar-refractivity contribution in [3.05, 3.63) is 34.5 Å². The van der Waals surface area contributed by atoms with Gasteiger partial charge in [-0.15, -0.1) is 0 Å². The van der Waals surface area contributed by atoms with Gasteiger partial charge in [-0.2, -0.15) is 0 Å². The second kappa shape index (κ2) is 13.0. The van der Waals surface area contributed by atoms with E-state index < -0.39 is 6.03 Å². The highest BCUT2D eigenvalue weighted by atomic mass is 35.5. The molecule has 0 fully saturated rings. The van der Waals surface area contributed by atoms with E-state index in [0.29, 0.717) is 48.7 Å². The highest BCUT2D eigenvalue weighted by Gasteiger charge is 2.20. The lowest BCUT2D eigenvalue weighted by atomic mass is 9.95. The van der Waals surface area contributed by atoms with Crippen LogP contribution in [0.3, 0.4) is 0 Å². The molecule has 0 saturated heterocycles. The Morgan fingerprint density at radius 2 is 1.97 bits per heavy atom. The second-order valence-electron chi connectivity index (χ2n) is 7.90. The molecule has 186 valence electrons. The fourth-order valence-electron chi connectivity index (χ4n) is 3.24. The van der Waals surface area contributed by atoms with Crippen molar-refractivity contribution in [1.29, 1.82) is 5.41 Å². The molecule has 2 rings (SSSR count). The van der Waals surface area contributed by atoms with E-state index in [1.165, 1.54) is 6.07 Å². The van der Waals surface area contributed by atoms with Crippen molar-refractivity contribution in [2.24, 2.45) is 0 Å². The van der Waals surface area contributed by atoms with E-state index in [9.17, 15) is 4.79 Å². The minimum atomic E-state index is -0.494. The van der Waals surface area contributed by atoms with Crippen LogP contribution in [0.4, 0.5) is 22.1 Å². The van der Waals surface area contributed by atoms with Crippen molar-refractivity contribution in [3.8, 4) is 5.88 Å². The molecule has 2 amide bonds.